The molecule has 0 bridgehead atoms. The van der Waals surface area contributed by atoms with Crippen molar-refractivity contribution in [1.82, 2.24) is 19.5 Å². The van der Waals surface area contributed by atoms with E-state index in [0.29, 0.717) is 5.82 Å². The van der Waals surface area contributed by atoms with Gasteiger partial charge in [0, 0.05) is 37.7 Å². The number of rotatable bonds is 3. The van der Waals surface area contributed by atoms with E-state index in [1.165, 1.54) is 6.20 Å². The highest BCUT2D eigenvalue weighted by molar-refractivity contribution is 5.44. The molecule has 0 fully saturated rings. The average Bonchev–Trinajstić information content (AvgIpc) is 2.74. The van der Waals surface area contributed by atoms with Gasteiger partial charge in [-0.3, -0.25) is 0 Å². The minimum Gasteiger partial charge on any atom is -0.331 e. The molecule has 0 atom stereocenters. The third-order valence-corrected chi connectivity index (χ3v) is 2.35. The maximum absolute atomic E-state index is 12.8. The SMILES string of the molecule is Cn1ccnc1-c1ncc(CN)c(C(F)F)n1. The van der Waals surface area contributed by atoms with Gasteiger partial charge in [0.1, 0.15) is 5.69 Å². The Morgan fingerprint density at radius 2 is 2.18 bits per heavy atom. The zero-order chi connectivity index (χ0) is 12.4. The highest BCUT2D eigenvalue weighted by atomic mass is 19.3. The summed E-state index contributed by atoms with van der Waals surface area (Å²) in [4.78, 5) is 11.8. The lowest BCUT2D eigenvalue weighted by atomic mass is 10.2. The van der Waals surface area contributed by atoms with Gasteiger partial charge in [0.25, 0.3) is 6.43 Å². The first kappa shape index (κ1) is 11.6. The molecule has 0 unspecified atom stereocenters. The van der Waals surface area contributed by atoms with Crippen LogP contribution in [0.3, 0.4) is 0 Å². The summed E-state index contributed by atoms with van der Waals surface area (Å²) in [5.41, 5.74) is 5.27. The molecule has 17 heavy (non-hydrogen) atoms. The monoisotopic (exact) mass is 239 g/mol. The van der Waals surface area contributed by atoms with Crippen molar-refractivity contribution in [3.63, 3.8) is 0 Å². The normalized spacial score (nSPS) is 11.1. The molecule has 0 saturated carbocycles. The molecule has 0 aromatic carbocycles. The van der Waals surface area contributed by atoms with Crippen molar-refractivity contribution in [2.45, 2.75) is 13.0 Å². The zero-order valence-electron chi connectivity index (χ0n) is 9.14. The quantitative estimate of drug-likeness (QED) is 0.875. The predicted octanol–water partition coefficient (Wildman–Crippen LogP) is 1.27. The minimum atomic E-state index is -2.67. The maximum atomic E-state index is 12.8. The second-order valence-electron chi connectivity index (χ2n) is 3.47. The molecule has 7 heteroatoms. The molecule has 0 aliphatic carbocycles. The first-order valence-electron chi connectivity index (χ1n) is 4.95. The van der Waals surface area contributed by atoms with Gasteiger partial charge in [-0.05, 0) is 0 Å². The van der Waals surface area contributed by atoms with Crippen LogP contribution in [-0.4, -0.2) is 19.5 Å². The molecule has 2 aromatic rings. The van der Waals surface area contributed by atoms with Crippen molar-refractivity contribution < 1.29 is 8.78 Å². The van der Waals surface area contributed by atoms with E-state index in [2.05, 4.69) is 15.0 Å². The fourth-order valence-corrected chi connectivity index (χ4v) is 1.45. The Morgan fingerprint density at radius 1 is 1.41 bits per heavy atom. The fraction of sp³-hybridized carbons (Fsp3) is 0.300. The van der Waals surface area contributed by atoms with E-state index < -0.39 is 6.43 Å². The summed E-state index contributed by atoms with van der Waals surface area (Å²) in [5.74, 6) is 0.612. The predicted molar refractivity (Wildman–Crippen MR) is 57.1 cm³/mol. The van der Waals surface area contributed by atoms with Gasteiger partial charge in [0.2, 0.25) is 0 Å². The molecule has 2 heterocycles. The molecule has 2 rings (SSSR count). The van der Waals surface area contributed by atoms with Gasteiger partial charge in [0.15, 0.2) is 11.6 Å². The van der Waals surface area contributed by atoms with Gasteiger partial charge in [-0.25, -0.2) is 23.7 Å². The van der Waals surface area contributed by atoms with Gasteiger partial charge >= 0.3 is 0 Å². The third kappa shape index (κ3) is 2.14. The Morgan fingerprint density at radius 3 is 2.71 bits per heavy atom. The number of nitrogens with two attached hydrogens (primary N) is 1. The fourth-order valence-electron chi connectivity index (χ4n) is 1.45. The van der Waals surface area contributed by atoms with E-state index in [9.17, 15) is 8.78 Å². The van der Waals surface area contributed by atoms with Gasteiger partial charge in [-0.1, -0.05) is 0 Å². The van der Waals surface area contributed by atoms with Crippen LogP contribution in [-0.2, 0) is 13.6 Å². The highest BCUT2D eigenvalue weighted by Crippen LogP contribution is 2.22. The summed E-state index contributed by atoms with van der Waals surface area (Å²) in [6.07, 6.45) is 1.89. The Kier molecular flexibility index (Phi) is 3.10. The lowest BCUT2D eigenvalue weighted by molar-refractivity contribution is 0.144. The molecule has 5 nitrogen and oxygen atoms in total. The van der Waals surface area contributed by atoms with Crippen molar-refractivity contribution in [2.75, 3.05) is 0 Å². The number of aryl methyl sites for hydroxylation is 1. The Hall–Kier alpha value is -1.89. The van der Waals surface area contributed by atoms with E-state index in [-0.39, 0.29) is 23.6 Å². The summed E-state index contributed by atoms with van der Waals surface area (Å²) < 4.78 is 27.2. The van der Waals surface area contributed by atoms with Crippen LogP contribution in [0.1, 0.15) is 17.7 Å². The molecule has 2 N–H and O–H groups in total. The molecule has 90 valence electrons. The molecular formula is C10H11F2N5. The van der Waals surface area contributed by atoms with E-state index >= 15 is 0 Å². The molecule has 2 aromatic heterocycles. The summed E-state index contributed by atoms with van der Waals surface area (Å²) in [5, 5.41) is 0. The lowest BCUT2D eigenvalue weighted by Gasteiger charge is -2.07. The Labute approximate surface area is 96.3 Å². The van der Waals surface area contributed by atoms with Crippen LogP contribution < -0.4 is 5.73 Å². The molecule has 0 amide bonds. The van der Waals surface area contributed by atoms with Crippen LogP contribution in [0, 0.1) is 0 Å². The van der Waals surface area contributed by atoms with Crippen molar-refractivity contribution in [3.05, 3.63) is 29.8 Å². The zero-order valence-corrected chi connectivity index (χ0v) is 9.14. The molecule has 0 aliphatic heterocycles. The summed E-state index contributed by atoms with van der Waals surface area (Å²) in [7, 11) is 1.74. The van der Waals surface area contributed by atoms with E-state index in [1.807, 2.05) is 0 Å². The standard InChI is InChI=1S/C10H11F2N5/c1-17-3-2-14-10(17)9-15-5-6(4-13)7(16-9)8(11)12/h2-3,5,8H,4,13H2,1H3. The third-order valence-electron chi connectivity index (χ3n) is 2.35. The second-order valence-corrected chi connectivity index (χ2v) is 3.47. The first-order chi connectivity index (χ1) is 8.13. The lowest BCUT2D eigenvalue weighted by Crippen LogP contribution is -2.08. The Balaban J connectivity index is 2.51. The van der Waals surface area contributed by atoms with Crippen LogP contribution >= 0.6 is 0 Å². The van der Waals surface area contributed by atoms with E-state index in [4.69, 9.17) is 5.73 Å². The molecule has 0 aliphatic rings. The van der Waals surface area contributed by atoms with Crippen LogP contribution in [0.4, 0.5) is 8.78 Å². The van der Waals surface area contributed by atoms with E-state index in [1.54, 1.807) is 24.0 Å². The van der Waals surface area contributed by atoms with Crippen LogP contribution in [0.5, 0.6) is 0 Å². The van der Waals surface area contributed by atoms with Crippen molar-refractivity contribution in [3.8, 4) is 11.6 Å². The molecular weight excluding hydrogens is 228 g/mol. The molecule has 0 spiro atoms. The number of hydrogen-bond acceptors (Lipinski definition) is 4. The largest absolute Gasteiger partial charge is 0.331 e. The Bertz CT molecular complexity index is 523. The number of aromatic nitrogens is 4. The van der Waals surface area contributed by atoms with Crippen LogP contribution in [0.25, 0.3) is 11.6 Å². The molecule has 0 radical (unpaired) electrons. The summed E-state index contributed by atoms with van der Waals surface area (Å²) in [6.45, 7) is -0.0134. The van der Waals surface area contributed by atoms with Gasteiger partial charge in [-0.2, -0.15) is 0 Å². The summed E-state index contributed by atoms with van der Waals surface area (Å²) in [6, 6.07) is 0. The number of halogens is 2. The van der Waals surface area contributed by atoms with Crippen LogP contribution in [0.2, 0.25) is 0 Å². The van der Waals surface area contributed by atoms with Gasteiger partial charge in [-0.15, -0.1) is 0 Å². The topological polar surface area (TPSA) is 69.6 Å². The average molecular weight is 239 g/mol. The van der Waals surface area contributed by atoms with Gasteiger partial charge in [0.05, 0.1) is 0 Å². The smallest absolute Gasteiger partial charge is 0.280 e. The second kappa shape index (κ2) is 4.54. The molecule has 0 saturated heterocycles. The first-order valence-corrected chi connectivity index (χ1v) is 4.95. The maximum Gasteiger partial charge on any atom is 0.280 e. The number of nitrogens with zero attached hydrogens (tertiary/aromatic N) is 4. The van der Waals surface area contributed by atoms with Crippen molar-refractivity contribution >= 4 is 0 Å². The van der Waals surface area contributed by atoms with Crippen molar-refractivity contribution in [1.29, 1.82) is 0 Å². The summed E-state index contributed by atoms with van der Waals surface area (Å²) >= 11 is 0. The van der Waals surface area contributed by atoms with Crippen molar-refractivity contribution in [2.24, 2.45) is 12.8 Å². The van der Waals surface area contributed by atoms with Gasteiger partial charge < -0.3 is 10.3 Å². The highest BCUT2D eigenvalue weighted by Gasteiger charge is 2.17. The van der Waals surface area contributed by atoms with E-state index in [0.717, 1.165) is 0 Å². The number of hydrogen-bond donors (Lipinski definition) is 1. The number of imidazole rings is 1. The number of alkyl halides is 2. The van der Waals surface area contributed by atoms with Crippen LogP contribution in [0.15, 0.2) is 18.6 Å². The minimum absolute atomic E-state index is 0.0134.